The maximum atomic E-state index is 11.6. The van der Waals surface area contributed by atoms with Crippen LogP contribution < -0.4 is 0 Å². The average molecular weight is 330 g/mol. The van der Waals surface area contributed by atoms with E-state index in [4.69, 9.17) is 0 Å². The van der Waals surface area contributed by atoms with Crippen LogP contribution in [0.4, 0.5) is 0 Å². The fourth-order valence-corrected chi connectivity index (χ4v) is 4.42. The normalized spacial score (nSPS) is 19.0. The standard InChI is InChI=1S/C17H18N2O3S/c20-13(11-18-9-10-23(18,21)22)12-19-16-7-3-1-5-14(16)15-6-2-4-8-17(15)19/h1-8,13,20H,9-12H2. The predicted octanol–water partition coefficient (Wildman–Crippen LogP) is 1.80. The molecule has 1 aliphatic heterocycles. The fraction of sp³-hybridized carbons (Fsp3) is 0.294. The number of aromatic nitrogens is 1. The minimum atomic E-state index is -3.12. The Morgan fingerprint density at radius 3 is 2.00 bits per heavy atom. The molecule has 1 fully saturated rings. The third-order valence-electron chi connectivity index (χ3n) is 4.48. The van der Waals surface area contributed by atoms with Crippen LogP contribution >= 0.6 is 0 Å². The van der Waals surface area contributed by atoms with Gasteiger partial charge in [0.1, 0.15) is 0 Å². The third kappa shape index (κ3) is 2.43. The second kappa shape index (κ2) is 5.33. The number of sulfonamides is 1. The quantitative estimate of drug-likeness (QED) is 0.793. The summed E-state index contributed by atoms with van der Waals surface area (Å²) in [4.78, 5) is 0. The Morgan fingerprint density at radius 1 is 0.957 bits per heavy atom. The molecule has 1 unspecified atom stereocenters. The molecule has 2 aromatic carbocycles. The van der Waals surface area contributed by atoms with Gasteiger partial charge in [0.25, 0.3) is 0 Å². The number of aliphatic hydroxyl groups excluding tert-OH is 1. The van der Waals surface area contributed by atoms with Crippen molar-refractivity contribution in [3.05, 3.63) is 48.5 Å². The monoisotopic (exact) mass is 330 g/mol. The largest absolute Gasteiger partial charge is 0.390 e. The summed E-state index contributed by atoms with van der Waals surface area (Å²) in [5.74, 6) is 0.190. The minimum absolute atomic E-state index is 0.156. The number of aliphatic hydroxyl groups is 1. The minimum Gasteiger partial charge on any atom is -0.390 e. The van der Waals surface area contributed by atoms with E-state index in [0.29, 0.717) is 13.1 Å². The highest BCUT2D eigenvalue weighted by molar-refractivity contribution is 7.90. The van der Waals surface area contributed by atoms with Gasteiger partial charge in [-0.1, -0.05) is 36.4 Å². The van der Waals surface area contributed by atoms with Gasteiger partial charge in [0.05, 0.1) is 18.4 Å². The Morgan fingerprint density at radius 2 is 1.52 bits per heavy atom. The van der Waals surface area contributed by atoms with Crippen molar-refractivity contribution in [1.29, 1.82) is 0 Å². The van der Waals surface area contributed by atoms with Crippen LogP contribution in [0.25, 0.3) is 21.8 Å². The van der Waals surface area contributed by atoms with Crippen LogP contribution in [-0.2, 0) is 16.6 Å². The molecule has 1 saturated heterocycles. The summed E-state index contributed by atoms with van der Waals surface area (Å²) in [5.41, 5.74) is 2.11. The second-order valence-corrected chi connectivity index (χ2v) is 8.06. The van der Waals surface area contributed by atoms with E-state index in [0.717, 1.165) is 21.8 Å². The summed E-state index contributed by atoms with van der Waals surface area (Å²) in [6.45, 7) is 1.04. The van der Waals surface area contributed by atoms with Crippen LogP contribution in [0.1, 0.15) is 0 Å². The fourth-order valence-electron chi connectivity index (χ4n) is 3.28. The van der Waals surface area contributed by atoms with Crippen LogP contribution in [0.2, 0.25) is 0 Å². The number of β-amino-alcohol motifs (C(OH)–C–C–N with tert-alkyl or cyclic N) is 1. The van der Waals surface area contributed by atoms with E-state index < -0.39 is 16.1 Å². The molecule has 3 aromatic rings. The van der Waals surface area contributed by atoms with Gasteiger partial charge in [0, 0.05) is 34.9 Å². The Hall–Kier alpha value is -1.89. The highest BCUT2D eigenvalue weighted by atomic mass is 32.2. The first-order chi connectivity index (χ1) is 11.1. The van der Waals surface area contributed by atoms with Gasteiger partial charge in [-0.2, -0.15) is 4.31 Å². The third-order valence-corrected chi connectivity index (χ3v) is 6.30. The molecule has 0 spiro atoms. The van der Waals surface area contributed by atoms with E-state index in [1.54, 1.807) is 0 Å². The molecule has 6 heteroatoms. The van der Waals surface area contributed by atoms with Gasteiger partial charge in [-0.05, 0) is 12.1 Å². The van der Waals surface area contributed by atoms with Crippen LogP contribution in [0.3, 0.4) is 0 Å². The number of rotatable bonds is 4. The van der Waals surface area contributed by atoms with Crippen molar-refractivity contribution in [3.63, 3.8) is 0 Å². The lowest BCUT2D eigenvalue weighted by Gasteiger charge is -2.32. The van der Waals surface area contributed by atoms with Crippen molar-refractivity contribution >= 4 is 31.8 Å². The molecular formula is C17H18N2O3S. The SMILES string of the molecule is O=S1(=O)CCN1CC(O)Cn1c2ccccc2c2ccccc21. The molecule has 23 heavy (non-hydrogen) atoms. The topological polar surface area (TPSA) is 62.5 Å². The summed E-state index contributed by atoms with van der Waals surface area (Å²) >= 11 is 0. The Balaban J connectivity index is 1.70. The van der Waals surface area contributed by atoms with E-state index in [9.17, 15) is 13.5 Å². The number of hydrogen-bond donors (Lipinski definition) is 1. The predicted molar refractivity (Wildman–Crippen MR) is 90.8 cm³/mol. The van der Waals surface area contributed by atoms with Gasteiger partial charge in [-0.3, -0.25) is 0 Å². The number of nitrogens with zero attached hydrogens (tertiary/aromatic N) is 2. The highest BCUT2D eigenvalue weighted by Crippen LogP contribution is 2.29. The molecule has 0 amide bonds. The van der Waals surface area contributed by atoms with Gasteiger partial charge in [0.15, 0.2) is 0 Å². The van der Waals surface area contributed by atoms with E-state index in [-0.39, 0.29) is 12.3 Å². The van der Waals surface area contributed by atoms with E-state index in [2.05, 4.69) is 16.7 Å². The van der Waals surface area contributed by atoms with Crippen LogP contribution in [0, 0.1) is 0 Å². The first-order valence-electron chi connectivity index (χ1n) is 7.68. The summed E-state index contributed by atoms with van der Waals surface area (Å²) in [7, 11) is -3.12. The molecule has 1 atom stereocenters. The van der Waals surface area contributed by atoms with E-state index in [1.807, 2.05) is 36.4 Å². The summed E-state index contributed by atoms with van der Waals surface area (Å²) in [6.07, 6.45) is -0.732. The zero-order chi connectivity index (χ0) is 16.0. The molecule has 1 N–H and O–H groups in total. The van der Waals surface area contributed by atoms with Gasteiger partial charge >= 0.3 is 0 Å². The smallest absolute Gasteiger partial charge is 0.215 e. The molecule has 5 nitrogen and oxygen atoms in total. The molecular weight excluding hydrogens is 312 g/mol. The summed E-state index contributed by atoms with van der Waals surface area (Å²) in [6, 6.07) is 16.2. The second-order valence-electron chi connectivity index (χ2n) is 5.97. The molecule has 120 valence electrons. The van der Waals surface area contributed by atoms with Crippen molar-refractivity contribution in [2.24, 2.45) is 0 Å². The van der Waals surface area contributed by atoms with Gasteiger partial charge in [0.2, 0.25) is 10.0 Å². The average Bonchev–Trinajstić information content (AvgIpc) is 2.87. The van der Waals surface area contributed by atoms with Crippen molar-refractivity contribution in [2.45, 2.75) is 12.6 Å². The van der Waals surface area contributed by atoms with E-state index >= 15 is 0 Å². The lowest BCUT2D eigenvalue weighted by Crippen LogP contribution is -2.51. The van der Waals surface area contributed by atoms with Crippen molar-refractivity contribution in [1.82, 2.24) is 8.87 Å². The Kier molecular flexibility index (Phi) is 3.41. The maximum Gasteiger partial charge on any atom is 0.215 e. The molecule has 0 bridgehead atoms. The molecule has 2 heterocycles. The molecule has 0 radical (unpaired) electrons. The highest BCUT2D eigenvalue weighted by Gasteiger charge is 2.33. The molecule has 4 rings (SSSR count). The number of hydrogen-bond acceptors (Lipinski definition) is 3. The lowest BCUT2D eigenvalue weighted by molar-refractivity contribution is 0.127. The van der Waals surface area contributed by atoms with E-state index in [1.165, 1.54) is 4.31 Å². The number of para-hydroxylation sites is 2. The Bertz CT molecular complexity index is 925. The van der Waals surface area contributed by atoms with Gasteiger partial charge < -0.3 is 9.67 Å². The van der Waals surface area contributed by atoms with Crippen LogP contribution in [0.15, 0.2) is 48.5 Å². The zero-order valence-electron chi connectivity index (χ0n) is 12.6. The number of benzene rings is 2. The first kappa shape index (κ1) is 14.7. The van der Waals surface area contributed by atoms with Gasteiger partial charge in [-0.25, -0.2) is 8.42 Å². The first-order valence-corrected chi connectivity index (χ1v) is 9.29. The number of fused-ring (bicyclic) bond motifs is 3. The lowest BCUT2D eigenvalue weighted by atomic mass is 10.2. The van der Waals surface area contributed by atoms with Crippen molar-refractivity contribution < 1.29 is 13.5 Å². The van der Waals surface area contributed by atoms with Crippen LogP contribution in [-0.4, -0.2) is 47.3 Å². The molecule has 0 saturated carbocycles. The van der Waals surface area contributed by atoms with Crippen molar-refractivity contribution in [3.8, 4) is 0 Å². The molecule has 1 aliphatic rings. The molecule has 1 aromatic heterocycles. The summed E-state index contributed by atoms with van der Waals surface area (Å²) in [5, 5.41) is 12.7. The maximum absolute atomic E-state index is 11.6. The zero-order valence-corrected chi connectivity index (χ0v) is 13.4. The van der Waals surface area contributed by atoms with Gasteiger partial charge in [-0.15, -0.1) is 0 Å². The Labute approximate surface area is 134 Å². The molecule has 0 aliphatic carbocycles. The summed E-state index contributed by atoms with van der Waals surface area (Å²) < 4.78 is 26.6. The van der Waals surface area contributed by atoms with Crippen LogP contribution in [0.5, 0.6) is 0 Å². The van der Waals surface area contributed by atoms with Crippen molar-refractivity contribution in [2.75, 3.05) is 18.8 Å².